The molecule has 0 spiro atoms. The van der Waals surface area contributed by atoms with Gasteiger partial charge < -0.3 is 15.3 Å². The zero-order valence-corrected chi connectivity index (χ0v) is 11.1. The molecule has 0 saturated carbocycles. The number of rotatable bonds is 2. The molecule has 18 heavy (non-hydrogen) atoms. The molecular formula is C15H22N2O. The maximum Gasteiger partial charge on any atom is 0.120 e. The Hall–Kier alpha value is -1.22. The van der Waals surface area contributed by atoms with Crippen molar-refractivity contribution in [2.45, 2.75) is 38.1 Å². The van der Waals surface area contributed by atoms with Gasteiger partial charge in [0.25, 0.3) is 0 Å². The zero-order valence-electron chi connectivity index (χ0n) is 11.1. The van der Waals surface area contributed by atoms with Crippen molar-refractivity contribution in [1.82, 2.24) is 5.32 Å². The molecule has 1 unspecified atom stereocenters. The quantitative estimate of drug-likeness (QED) is 0.842. The highest BCUT2D eigenvalue weighted by Gasteiger charge is 2.32. The summed E-state index contributed by atoms with van der Waals surface area (Å²) >= 11 is 0. The predicted molar refractivity (Wildman–Crippen MR) is 74.1 cm³/mol. The van der Waals surface area contributed by atoms with E-state index in [1.54, 1.807) is 0 Å². The number of aromatic hydroxyl groups is 1. The van der Waals surface area contributed by atoms with Crippen LogP contribution in [0.25, 0.3) is 0 Å². The van der Waals surface area contributed by atoms with Gasteiger partial charge in [0.15, 0.2) is 0 Å². The van der Waals surface area contributed by atoms with Crippen LogP contribution in [0, 0.1) is 0 Å². The van der Waals surface area contributed by atoms with Crippen molar-refractivity contribution in [2.75, 3.05) is 24.5 Å². The van der Waals surface area contributed by atoms with Crippen molar-refractivity contribution in [1.29, 1.82) is 0 Å². The summed E-state index contributed by atoms with van der Waals surface area (Å²) in [5.74, 6) is 0.426. The average Bonchev–Trinajstić information content (AvgIpc) is 3.01. The van der Waals surface area contributed by atoms with Gasteiger partial charge in [0.2, 0.25) is 0 Å². The Morgan fingerprint density at radius 1 is 1.22 bits per heavy atom. The largest absolute Gasteiger partial charge is 0.508 e. The molecule has 0 bridgehead atoms. The molecule has 3 heteroatoms. The van der Waals surface area contributed by atoms with Crippen LogP contribution in [0.4, 0.5) is 5.69 Å². The third-order valence-corrected chi connectivity index (χ3v) is 4.41. The molecule has 2 N–H and O–H groups in total. The van der Waals surface area contributed by atoms with Gasteiger partial charge in [-0.05, 0) is 57.4 Å². The molecule has 3 nitrogen and oxygen atoms in total. The van der Waals surface area contributed by atoms with E-state index in [2.05, 4.69) is 23.2 Å². The number of hydrogen-bond acceptors (Lipinski definition) is 3. The van der Waals surface area contributed by atoms with Crippen molar-refractivity contribution < 1.29 is 5.11 Å². The van der Waals surface area contributed by atoms with E-state index in [9.17, 15) is 5.11 Å². The normalized spacial score (nSPS) is 27.9. The number of phenols is 1. The fourth-order valence-corrected chi connectivity index (χ4v) is 3.26. The molecular weight excluding hydrogens is 224 g/mol. The van der Waals surface area contributed by atoms with Crippen molar-refractivity contribution in [3.05, 3.63) is 23.8 Å². The van der Waals surface area contributed by atoms with Crippen molar-refractivity contribution in [3.63, 3.8) is 0 Å². The van der Waals surface area contributed by atoms with Gasteiger partial charge in [0.05, 0.1) is 0 Å². The van der Waals surface area contributed by atoms with Gasteiger partial charge in [-0.1, -0.05) is 0 Å². The minimum Gasteiger partial charge on any atom is -0.508 e. The minimum absolute atomic E-state index is 0.0557. The standard InChI is InChI=1S/C15H22N2O/c1-15(7-4-8-16-15)13-11-12(5-6-14(13)18)17-9-2-3-10-17/h5-6,11,16,18H,2-4,7-10H2,1H3. The summed E-state index contributed by atoms with van der Waals surface area (Å²) < 4.78 is 0. The molecule has 2 heterocycles. The van der Waals surface area contributed by atoms with E-state index in [1.807, 2.05) is 12.1 Å². The van der Waals surface area contributed by atoms with Gasteiger partial charge in [0.1, 0.15) is 5.75 Å². The molecule has 3 rings (SSSR count). The van der Waals surface area contributed by atoms with Gasteiger partial charge in [0, 0.05) is 29.9 Å². The number of hydrogen-bond donors (Lipinski definition) is 2. The summed E-state index contributed by atoms with van der Waals surface area (Å²) in [5, 5.41) is 13.7. The van der Waals surface area contributed by atoms with E-state index in [0.717, 1.165) is 31.6 Å². The predicted octanol–water partition coefficient (Wildman–Crippen LogP) is 2.59. The summed E-state index contributed by atoms with van der Waals surface area (Å²) in [6.45, 7) is 5.54. The molecule has 1 aromatic carbocycles. The summed E-state index contributed by atoms with van der Waals surface area (Å²) in [6.07, 6.45) is 4.85. The topological polar surface area (TPSA) is 35.5 Å². The van der Waals surface area contributed by atoms with E-state index in [-0.39, 0.29) is 5.54 Å². The summed E-state index contributed by atoms with van der Waals surface area (Å²) in [6, 6.07) is 6.08. The molecule has 2 saturated heterocycles. The third-order valence-electron chi connectivity index (χ3n) is 4.41. The molecule has 1 atom stereocenters. The van der Waals surface area contributed by atoms with Crippen molar-refractivity contribution in [2.24, 2.45) is 0 Å². The number of nitrogens with zero attached hydrogens (tertiary/aromatic N) is 1. The Morgan fingerprint density at radius 3 is 2.67 bits per heavy atom. The van der Waals surface area contributed by atoms with E-state index in [4.69, 9.17) is 0 Å². The molecule has 2 aliphatic rings. The van der Waals surface area contributed by atoms with Crippen LogP contribution in [0.3, 0.4) is 0 Å². The van der Waals surface area contributed by atoms with E-state index in [0.29, 0.717) is 5.75 Å². The summed E-state index contributed by atoms with van der Waals surface area (Å²) in [4.78, 5) is 2.42. The van der Waals surface area contributed by atoms with Crippen LogP contribution in [-0.2, 0) is 5.54 Å². The molecule has 2 fully saturated rings. The van der Waals surface area contributed by atoms with E-state index in [1.165, 1.54) is 24.9 Å². The first-order valence-electron chi connectivity index (χ1n) is 7.02. The van der Waals surface area contributed by atoms with Crippen LogP contribution in [0.5, 0.6) is 5.75 Å². The number of phenolic OH excluding ortho intramolecular Hbond substituents is 1. The SMILES string of the molecule is CC1(c2cc(N3CCCC3)ccc2O)CCCN1. The van der Waals surface area contributed by atoms with Crippen LogP contribution in [0.15, 0.2) is 18.2 Å². The second-order valence-electron chi connectivity index (χ2n) is 5.76. The molecule has 0 radical (unpaired) electrons. The Kier molecular flexibility index (Phi) is 2.94. The fourth-order valence-electron chi connectivity index (χ4n) is 3.26. The van der Waals surface area contributed by atoms with Gasteiger partial charge in [-0.2, -0.15) is 0 Å². The highest BCUT2D eigenvalue weighted by Crippen LogP contribution is 2.38. The Balaban J connectivity index is 1.95. The van der Waals surface area contributed by atoms with Gasteiger partial charge in [-0.25, -0.2) is 0 Å². The molecule has 0 amide bonds. The molecule has 0 aliphatic carbocycles. The van der Waals surface area contributed by atoms with E-state index < -0.39 is 0 Å². The van der Waals surface area contributed by atoms with Crippen LogP contribution < -0.4 is 10.2 Å². The monoisotopic (exact) mass is 246 g/mol. The zero-order chi connectivity index (χ0) is 12.6. The van der Waals surface area contributed by atoms with Crippen molar-refractivity contribution >= 4 is 5.69 Å². The Labute approximate surface area is 109 Å². The van der Waals surface area contributed by atoms with Crippen LogP contribution in [-0.4, -0.2) is 24.7 Å². The lowest BCUT2D eigenvalue weighted by Gasteiger charge is -2.28. The highest BCUT2D eigenvalue weighted by atomic mass is 16.3. The molecule has 1 aromatic rings. The summed E-state index contributed by atoms with van der Waals surface area (Å²) in [7, 11) is 0. The lowest BCUT2D eigenvalue weighted by Crippen LogP contribution is -2.33. The maximum absolute atomic E-state index is 10.1. The van der Waals surface area contributed by atoms with E-state index >= 15 is 0 Å². The molecule has 2 aliphatic heterocycles. The lowest BCUT2D eigenvalue weighted by molar-refractivity contribution is 0.394. The first-order chi connectivity index (χ1) is 8.69. The maximum atomic E-state index is 10.1. The van der Waals surface area contributed by atoms with Crippen LogP contribution in [0.2, 0.25) is 0 Å². The fraction of sp³-hybridized carbons (Fsp3) is 0.600. The molecule has 0 aromatic heterocycles. The van der Waals surface area contributed by atoms with Gasteiger partial charge in [-0.15, -0.1) is 0 Å². The van der Waals surface area contributed by atoms with Crippen LogP contribution >= 0.6 is 0 Å². The number of nitrogens with one attached hydrogen (secondary N) is 1. The highest BCUT2D eigenvalue weighted by molar-refractivity contribution is 5.55. The first-order valence-corrected chi connectivity index (χ1v) is 7.02. The first kappa shape index (κ1) is 11.8. The van der Waals surface area contributed by atoms with Crippen molar-refractivity contribution in [3.8, 4) is 5.75 Å². The second-order valence-corrected chi connectivity index (χ2v) is 5.76. The van der Waals surface area contributed by atoms with Gasteiger partial charge in [-0.3, -0.25) is 0 Å². The Bertz CT molecular complexity index is 432. The molecule has 98 valence electrons. The number of anilines is 1. The third kappa shape index (κ3) is 1.97. The minimum atomic E-state index is -0.0557. The van der Waals surface area contributed by atoms with Crippen LogP contribution in [0.1, 0.15) is 38.2 Å². The lowest BCUT2D eigenvalue weighted by atomic mass is 9.89. The smallest absolute Gasteiger partial charge is 0.120 e. The second kappa shape index (κ2) is 4.47. The van der Waals surface area contributed by atoms with Gasteiger partial charge >= 0.3 is 0 Å². The number of benzene rings is 1. The summed E-state index contributed by atoms with van der Waals surface area (Å²) in [5.41, 5.74) is 2.26. The Morgan fingerprint density at radius 2 is 2.00 bits per heavy atom. The average molecular weight is 246 g/mol.